The molecule has 4 heteroatoms. The van der Waals surface area contributed by atoms with Crippen molar-refractivity contribution in [2.24, 2.45) is 0 Å². The summed E-state index contributed by atoms with van der Waals surface area (Å²) in [7, 11) is 0. The number of benzene rings is 1. The van der Waals surface area contributed by atoms with E-state index in [9.17, 15) is 0 Å². The Morgan fingerprint density at radius 1 is 1.33 bits per heavy atom. The predicted molar refractivity (Wildman–Crippen MR) is 83.6 cm³/mol. The van der Waals surface area contributed by atoms with Gasteiger partial charge < -0.3 is 5.32 Å². The van der Waals surface area contributed by atoms with Crippen LogP contribution in [0.15, 0.2) is 40.2 Å². The molecule has 0 fully saturated rings. The summed E-state index contributed by atoms with van der Waals surface area (Å²) in [6.45, 7) is 3.05. The van der Waals surface area contributed by atoms with Gasteiger partial charge in [0.05, 0.1) is 0 Å². The molecule has 18 heavy (non-hydrogen) atoms. The predicted octanol–water partition coefficient (Wildman–Crippen LogP) is 5.06. The smallest absolute Gasteiger partial charge is 0.0453 e. The molecule has 1 N–H and O–H groups in total. The van der Waals surface area contributed by atoms with Crippen LogP contribution in [0.3, 0.4) is 0 Å². The molecule has 0 aliphatic rings. The molecule has 1 aromatic heterocycles. The molecule has 1 unspecified atom stereocenters. The van der Waals surface area contributed by atoms with Crippen molar-refractivity contribution in [1.82, 2.24) is 5.32 Å². The molecule has 96 valence electrons. The van der Waals surface area contributed by atoms with Crippen LogP contribution in [-0.4, -0.2) is 6.54 Å². The number of hydrogen-bond acceptors (Lipinski definition) is 2. The Kier molecular flexibility index (Phi) is 5.25. The summed E-state index contributed by atoms with van der Waals surface area (Å²) in [5.41, 5.74) is 1.17. The van der Waals surface area contributed by atoms with Crippen molar-refractivity contribution in [3.63, 3.8) is 0 Å². The maximum Gasteiger partial charge on any atom is 0.0453 e. The van der Waals surface area contributed by atoms with Crippen LogP contribution in [0, 0.1) is 0 Å². The van der Waals surface area contributed by atoms with E-state index in [0.29, 0.717) is 0 Å². The largest absolute Gasteiger partial charge is 0.310 e. The van der Waals surface area contributed by atoms with E-state index in [2.05, 4.69) is 45.7 Å². The van der Waals surface area contributed by atoms with Crippen LogP contribution in [0.1, 0.15) is 23.4 Å². The summed E-state index contributed by atoms with van der Waals surface area (Å²) in [6, 6.07) is 10.4. The highest BCUT2D eigenvalue weighted by molar-refractivity contribution is 9.10. The van der Waals surface area contributed by atoms with Gasteiger partial charge in [-0.15, -0.1) is 11.3 Å². The molecule has 0 radical (unpaired) electrons. The van der Waals surface area contributed by atoms with E-state index < -0.39 is 0 Å². The highest BCUT2D eigenvalue weighted by Crippen LogP contribution is 2.30. The Morgan fingerprint density at radius 2 is 2.11 bits per heavy atom. The summed E-state index contributed by atoms with van der Waals surface area (Å²) < 4.78 is 1.18. The van der Waals surface area contributed by atoms with Crippen molar-refractivity contribution in [3.8, 4) is 0 Å². The average Bonchev–Trinajstić information content (AvgIpc) is 2.75. The van der Waals surface area contributed by atoms with E-state index in [1.807, 2.05) is 18.2 Å². The third kappa shape index (κ3) is 3.35. The second-order valence-electron chi connectivity index (χ2n) is 4.03. The second kappa shape index (κ2) is 6.71. The summed E-state index contributed by atoms with van der Waals surface area (Å²) in [5, 5.41) is 6.44. The van der Waals surface area contributed by atoms with Gasteiger partial charge >= 0.3 is 0 Å². The topological polar surface area (TPSA) is 12.0 Å². The molecular weight excluding hydrogens is 330 g/mol. The van der Waals surface area contributed by atoms with Crippen LogP contribution in [0.25, 0.3) is 0 Å². The summed E-state index contributed by atoms with van der Waals surface area (Å²) in [5.74, 6) is 0. The normalized spacial score (nSPS) is 12.6. The molecule has 0 bridgehead atoms. The van der Waals surface area contributed by atoms with Gasteiger partial charge in [-0.25, -0.2) is 0 Å². The van der Waals surface area contributed by atoms with Gasteiger partial charge in [0.1, 0.15) is 0 Å². The Morgan fingerprint density at radius 3 is 2.72 bits per heavy atom. The number of halogens is 2. The van der Waals surface area contributed by atoms with E-state index >= 15 is 0 Å². The quantitative estimate of drug-likeness (QED) is 0.799. The number of rotatable bonds is 5. The molecular formula is C14H15BrClNS. The van der Waals surface area contributed by atoms with Crippen molar-refractivity contribution >= 4 is 38.9 Å². The third-order valence-corrected chi connectivity index (χ3v) is 5.10. The minimum absolute atomic E-state index is 0.263. The molecule has 2 aromatic rings. The van der Waals surface area contributed by atoms with Crippen LogP contribution >= 0.6 is 38.9 Å². The first-order valence-electron chi connectivity index (χ1n) is 5.92. The zero-order valence-electron chi connectivity index (χ0n) is 10.1. The molecule has 1 aromatic carbocycles. The number of likely N-dealkylation sites (N-methyl/N-ethyl adjacent to an activating group) is 1. The molecule has 0 amide bonds. The van der Waals surface area contributed by atoms with Gasteiger partial charge in [-0.1, -0.05) is 36.7 Å². The van der Waals surface area contributed by atoms with Crippen LogP contribution < -0.4 is 5.32 Å². The molecule has 0 aliphatic carbocycles. The van der Waals surface area contributed by atoms with Crippen molar-refractivity contribution in [2.45, 2.75) is 19.4 Å². The summed E-state index contributed by atoms with van der Waals surface area (Å²) in [6.07, 6.45) is 0.954. The third-order valence-electron chi connectivity index (χ3n) is 2.81. The van der Waals surface area contributed by atoms with E-state index in [-0.39, 0.29) is 6.04 Å². The first-order chi connectivity index (χ1) is 8.72. The standard InChI is InChI=1S/C14H15BrClNS/c1-2-17-13(9-14-11(15)7-8-18-14)10-5-3-4-6-12(10)16/h3-8,13,17H,2,9H2,1H3. The molecule has 0 saturated heterocycles. The minimum atomic E-state index is 0.263. The fourth-order valence-electron chi connectivity index (χ4n) is 1.95. The van der Waals surface area contributed by atoms with Gasteiger partial charge in [0.15, 0.2) is 0 Å². The van der Waals surface area contributed by atoms with Crippen molar-refractivity contribution < 1.29 is 0 Å². The number of thiophene rings is 1. The SMILES string of the molecule is CCNC(Cc1sccc1Br)c1ccccc1Cl. The maximum absolute atomic E-state index is 6.29. The van der Waals surface area contributed by atoms with Crippen LogP contribution in [-0.2, 0) is 6.42 Å². The molecule has 1 heterocycles. The number of hydrogen-bond donors (Lipinski definition) is 1. The van der Waals surface area contributed by atoms with E-state index in [0.717, 1.165) is 18.0 Å². The van der Waals surface area contributed by atoms with Gasteiger partial charge in [-0.3, -0.25) is 0 Å². The average molecular weight is 345 g/mol. The van der Waals surface area contributed by atoms with Crippen LogP contribution in [0.4, 0.5) is 0 Å². The van der Waals surface area contributed by atoms with E-state index in [4.69, 9.17) is 11.6 Å². The lowest BCUT2D eigenvalue weighted by atomic mass is 10.0. The molecule has 1 atom stereocenters. The van der Waals surface area contributed by atoms with Gasteiger partial charge in [0.2, 0.25) is 0 Å². The fraction of sp³-hybridized carbons (Fsp3) is 0.286. The lowest BCUT2D eigenvalue weighted by molar-refractivity contribution is 0.553. The summed E-state index contributed by atoms with van der Waals surface area (Å²) in [4.78, 5) is 1.35. The first kappa shape index (κ1) is 14.1. The molecule has 0 spiro atoms. The highest BCUT2D eigenvalue weighted by atomic mass is 79.9. The number of nitrogens with one attached hydrogen (secondary N) is 1. The highest BCUT2D eigenvalue weighted by Gasteiger charge is 2.16. The van der Waals surface area contributed by atoms with E-state index in [1.54, 1.807) is 11.3 Å². The van der Waals surface area contributed by atoms with Gasteiger partial charge in [-0.05, 0) is 45.6 Å². The zero-order valence-corrected chi connectivity index (χ0v) is 13.3. The van der Waals surface area contributed by atoms with Gasteiger partial charge in [-0.2, -0.15) is 0 Å². The van der Waals surface area contributed by atoms with Crippen LogP contribution in [0.5, 0.6) is 0 Å². The summed E-state index contributed by atoms with van der Waals surface area (Å²) >= 11 is 11.6. The van der Waals surface area contributed by atoms with Gasteiger partial charge in [0, 0.05) is 26.8 Å². The first-order valence-corrected chi connectivity index (χ1v) is 7.97. The Balaban J connectivity index is 2.24. The van der Waals surface area contributed by atoms with Crippen LogP contribution in [0.2, 0.25) is 5.02 Å². The second-order valence-corrected chi connectivity index (χ2v) is 6.29. The van der Waals surface area contributed by atoms with E-state index in [1.165, 1.54) is 14.9 Å². The Labute approximate surface area is 125 Å². The maximum atomic E-state index is 6.29. The fourth-order valence-corrected chi connectivity index (χ4v) is 3.78. The Bertz CT molecular complexity index is 512. The zero-order chi connectivity index (χ0) is 13.0. The van der Waals surface area contributed by atoms with Crippen molar-refractivity contribution in [2.75, 3.05) is 6.54 Å². The lowest BCUT2D eigenvalue weighted by Gasteiger charge is -2.19. The van der Waals surface area contributed by atoms with Crippen molar-refractivity contribution in [3.05, 3.63) is 55.6 Å². The lowest BCUT2D eigenvalue weighted by Crippen LogP contribution is -2.23. The van der Waals surface area contributed by atoms with Crippen molar-refractivity contribution in [1.29, 1.82) is 0 Å². The minimum Gasteiger partial charge on any atom is -0.310 e. The molecule has 0 saturated carbocycles. The molecule has 1 nitrogen and oxygen atoms in total. The monoisotopic (exact) mass is 343 g/mol. The molecule has 2 rings (SSSR count). The van der Waals surface area contributed by atoms with Gasteiger partial charge in [0.25, 0.3) is 0 Å². The molecule has 0 aliphatic heterocycles. The Hall–Kier alpha value is -0.350.